The zero-order chi connectivity index (χ0) is 97.5. The summed E-state index contributed by atoms with van der Waals surface area (Å²) in [5.41, 5.74) is 8.86. The molecule has 0 atom stereocenters. The summed E-state index contributed by atoms with van der Waals surface area (Å²) < 4.78 is 51.9. The largest absolute Gasteiger partial charge is 0.477 e. The first-order valence-electron chi connectivity index (χ1n) is 46.1. The van der Waals surface area contributed by atoms with Crippen molar-refractivity contribution in [3.05, 3.63) is 200 Å². The number of carbonyl (C=O) groups is 6. The van der Waals surface area contributed by atoms with E-state index in [9.17, 15) is 62.6 Å². The first-order chi connectivity index (χ1) is 61.9. The highest BCUT2D eigenvalue weighted by Crippen LogP contribution is 2.37. The molecule has 13 rings (SSSR count). The molecule has 33 heteroatoms. The number of aromatic carboxylic acids is 1. The zero-order valence-electron chi connectivity index (χ0n) is 80.6. The van der Waals surface area contributed by atoms with Crippen LogP contribution in [0.4, 0.5) is 10.5 Å². The van der Waals surface area contributed by atoms with E-state index in [2.05, 4.69) is 82.9 Å². The van der Waals surface area contributed by atoms with Crippen LogP contribution < -0.4 is 50.2 Å². The van der Waals surface area contributed by atoms with Gasteiger partial charge in [0.05, 0.1) is 65.2 Å². The van der Waals surface area contributed by atoms with Gasteiger partial charge in [0, 0.05) is 103 Å². The highest BCUT2D eigenvalue weighted by molar-refractivity contribution is 6.78. The number of aliphatic hydroxyl groups is 2. The number of hydrogen-bond donors (Lipinski definition) is 6. The Balaban J connectivity index is 0.000000266. The molecule has 1 amide bonds. The molecular formula is C98H150N8O24Si. The van der Waals surface area contributed by atoms with Crippen LogP contribution in [-0.4, -0.2) is 180 Å². The molecule has 0 unspecified atom stereocenters. The number of anilines is 1. The lowest BCUT2D eigenvalue weighted by atomic mass is 9.87. The van der Waals surface area contributed by atoms with Gasteiger partial charge in [-0.3, -0.25) is 29.3 Å². The molecule has 6 aromatic heterocycles. The quantitative estimate of drug-likeness (QED) is 0.0335. The second-order valence-electron chi connectivity index (χ2n) is 37.8. The van der Waals surface area contributed by atoms with Gasteiger partial charge in [-0.25, -0.2) is 33.6 Å². The number of aliphatic hydroxyl groups excluding tert-OH is 2. The first-order valence-corrected chi connectivity index (χ1v) is 49.6. The standard InChI is InChI=1S/C17H26N2O4.C14H19NO4.C14H19NO3.2C13H17NO4.C7H15N.C7H6O4.C7H18Si.C6H13NO/c1-17(2,3)23-16(21)18-14-6-5-11-19(15(14)20)12-7-9-13(22-4)10-8-12;1-18-11-7-5-10(6-8-11)15-9-3-4-12(13(15)16)14(17)19-2;1-10-5-7-11(8-6-10)15-9-3-4-12(13(15)16)14(17)18-2;1-18-10-6-4-9(5-7-10)14-8-2-3-11(12(14)15)13(16)17;1-18-13(17)11-3-2-8-14(12(11)16)9-4-6-10(15)7-5-9;1-6-2-4-7(8)5-3-6;1-10-6(8)5-3-2-4-11-7(5)9;1-7(2,3)8(4,5)6;7-5-1-3-6(8)4-2-5/h5-6,11-13H,7-10H2,1-4H3,(H,18,21);3-4,9-11H,5-8H2,1-2H3;3-4,9-11H,5-8H2,1-2H3;2-3,8-10H,4-7H2,1H3,(H,16,17);2-3,8-10,15H,4-7H2,1H3;6-7H,2-5,8H2,1H3;2-4H,1H3;1-6H3;5-6,8H,1-4,7H2. The molecular weight excluding hydrogens is 1700 g/mol. The number of pyridine rings is 5. The van der Waals surface area contributed by atoms with Crippen molar-refractivity contribution in [2.75, 3.05) is 55.1 Å². The molecule has 6 aromatic rings. The van der Waals surface area contributed by atoms with E-state index >= 15 is 0 Å². The summed E-state index contributed by atoms with van der Waals surface area (Å²) in [5.74, 6) is -1.91. The van der Waals surface area contributed by atoms with Crippen molar-refractivity contribution in [2.24, 2.45) is 23.3 Å². The number of carboxylic acids is 1. The molecule has 7 saturated carbocycles. The fourth-order valence-electron chi connectivity index (χ4n) is 16.0. The van der Waals surface area contributed by atoms with E-state index in [1.54, 1.807) is 132 Å². The van der Waals surface area contributed by atoms with Gasteiger partial charge in [0.2, 0.25) is 0 Å². The van der Waals surface area contributed by atoms with Gasteiger partial charge in [-0.2, -0.15) is 0 Å². The summed E-state index contributed by atoms with van der Waals surface area (Å²) in [6.07, 6.45) is 36.8. The third-order valence-corrected chi connectivity index (χ3v) is 30.2. The molecule has 730 valence electrons. The van der Waals surface area contributed by atoms with Gasteiger partial charge in [-0.05, 0) is 290 Å². The smallest absolute Gasteiger partial charge is 0.412 e. The Morgan fingerprint density at radius 3 is 0.924 bits per heavy atom. The number of ether oxygens (including phenoxy) is 8. The third kappa shape index (κ3) is 37.0. The Kier molecular flexibility index (Phi) is 47.5. The number of carbonyl (C=O) groups excluding carboxylic acids is 5. The number of esters is 4. The van der Waals surface area contributed by atoms with Crippen LogP contribution in [0.15, 0.2) is 143 Å². The number of amides is 1. The lowest BCUT2D eigenvalue weighted by Crippen LogP contribution is -2.33. The normalized spacial score (nSPS) is 23.4. The Morgan fingerprint density at radius 2 is 0.641 bits per heavy atom. The van der Waals surface area contributed by atoms with E-state index in [-0.39, 0.29) is 116 Å². The molecule has 0 bridgehead atoms. The minimum absolute atomic E-state index is 0.0604. The maximum atomic E-state index is 12.6. The van der Waals surface area contributed by atoms with Gasteiger partial charge in [-0.1, -0.05) is 54.3 Å². The number of hydrogen-bond acceptors (Lipinski definition) is 25. The minimum atomic E-state index is -1.17. The number of nitrogens with two attached hydrogens (primary N) is 2. The van der Waals surface area contributed by atoms with E-state index in [1.165, 1.54) is 96.8 Å². The maximum absolute atomic E-state index is 12.6. The van der Waals surface area contributed by atoms with Crippen LogP contribution in [0.1, 0.15) is 317 Å². The summed E-state index contributed by atoms with van der Waals surface area (Å²) in [4.78, 5) is 140. The summed E-state index contributed by atoms with van der Waals surface area (Å²) >= 11 is 0. The highest BCUT2D eigenvalue weighted by atomic mass is 28.3. The highest BCUT2D eigenvalue weighted by Gasteiger charge is 2.32. The Labute approximate surface area is 771 Å². The minimum Gasteiger partial charge on any atom is -0.477 e. The summed E-state index contributed by atoms with van der Waals surface area (Å²) in [5, 5.41) is 30.5. The third-order valence-electron chi connectivity index (χ3n) is 25.7. The van der Waals surface area contributed by atoms with E-state index < -0.39 is 60.8 Å². The van der Waals surface area contributed by atoms with Crippen LogP contribution in [0.25, 0.3) is 0 Å². The van der Waals surface area contributed by atoms with E-state index in [1.807, 2.05) is 0 Å². The van der Waals surface area contributed by atoms with E-state index in [0.717, 1.165) is 153 Å². The van der Waals surface area contributed by atoms with Crippen LogP contribution in [0.5, 0.6) is 0 Å². The van der Waals surface area contributed by atoms with Crippen molar-refractivity contribution >= 4 is 49.7 Å². The van der Waals surface area contributed by atoms with Crippen molar-refractivity contribution < 1.29 is 86.4 Å². The van der Waals surface area contributed by atoms with Gasteiger partial charge in [0.15, 0.2) is 0 Å². The van der Waals surface area contributed by atoms with Gasteiger partial charge in [-0.15, -0.1) is 0 Å². The monoisotopic (exact) mass is 1850 g/mol. The van der Waals surface area contributed by atoms with Crippen LogP contribution in [0.2, 0.25) is 24.7 Å². The maximum Gasteiger partial charge on any atom is 0.412 e. The number of aromatic nitrogens is 5. The predicted octanol–water partition coefficient (Wildman–Crippen LogP) is 15.6. The van der Waals surface area contributed by atoms with E-state index in [0.29, 0.717) is 30.0 Å². The Morgan fingerprint density at radius 1 is 0.382 bits per heavy atom. The second kappa shape index (κ2) is 55.7. The average molecular weight is 1850 g/mol. The summed E-state index contributed by atoms with van der Waals surface area (Å²) in [7, 11) is 9.32. The SMILES string of the molecule is CC(C)(C)[Si](C)(C)C.CC1CCC(N)CC1.COC(=O)c1cccn(C2CCC(C)CC2)c1=O.COC(=O)c1cccn(C2CCC(O)CC2)c1=O.COC(=O)c1cccn(C2CCC(OC)CC2)c1=O.COC(=O)c1cccoc1=O.COC1CCC(n2cccc(C(=O)O)c2=O)CC1.COC1CCC(n2cccc(NC(=O)OC(C)(C)C)c2=O)CC1.NC1CCC(O)CC1. The molecule has 0 aromatic carbocycles. The van der Waals surface area contributed by atoms with Crippen molar-refractivity contribution in [1.29, 1.82) is 0 Å². The van der Waals surface area contributed by atoms with Gasteiger partial charge in [0.1, 0.15) is 39.1 Å². The van der Waals surface area contributed by atoms with Crippen LogP contribution in [0, 0.1) is 11.8 Å². The van der Waals surface area contributed by atoms with Gasteiger partial charge in [0.25, 0.3) is 27.8 Å². The lowest BCUT2D eigenvalue weighted by Gasteiger charge is -2.32. The first kappa shape index (κ1) is 112. The molecule has 0 radical (unpaired) electrons. The zero-order valence-corrected chi connectivity index (χ0v) is 81.6. The lowest BCUT2D eigenvalue weighted by molar-refractivity contribution is 0.0565. The summed E-state index contributed by atoms with van der Waals surface area (Å²) in [6.45, 7) is 24.1. The molecule has 0 saturated heterocycles. The molecule has 131 heavy (non-hydrogen) atoms. The topological polar surface area (TPSA) is 441 Å². The predicted molar refractivity (Wildman–Crippen MR) is 507 cm³/mol. The number of rotatable bonds is 14. The van der Waals surface area contributed by atoms with Crippen molar-refractivity contribution in [3.63, 3.8) is 0 Å². The van der Waals surface area contributed by atoms with Crippen LogP contribution in [0.3, 0.4) is 0 Å². The second-order valence-corrected chi connectivity index (χ2v) is 43.8. The van der Waals surface area contributed by atoms with Crippen LogP contribution >= 0.6 is 0 Å². The number of nitrogens with one attached hydrogen (secondary N) is 1. The molecule has 7 aliphatic carbocycles. The van der Waals surface area contributed by atoms with Crippen LogP contribution in [-0.2, 0) is 37.9 Å². The number of methoxy groups -OCH3 is 7. The molecule has 0 spiro atoms. The molecule has 0 aliphatic heterocycles. The molecule has 7 fully saturated rings. The Hall–Kier alpha value is -9.74. The van der Waals surface area contributed by atoms with Crippen molar-refractivity contribution in [1.82, 2.24) is 22.8 Å². The average Bonchev–Trinajstić information content (AvgIpc) is 0.831. The fraction of sp³-hybridized carbons (Fsp3) is 0.633. The molecule has 32 nitrogen and oxygen atoms in total. The molecule has 6 heterocycles. The van der Waals surface area contributed by atoms with E-state index in [4.69, 9.17) is 40.6 Å². The number of nitrogens with zero attached hydrogens (tertiary/aromatic N) is 5. The molecule has 8 N–H and O–H groups in total. The fourth-order valence-corrected chi connectivity index (χ4v) is 16.0. The van der Waals surface area contributed by atoms with Crippen molar-refractivity contribution in [3.8, 4) is 0 Å². The van der Waals surface area contributed by atoms with Gasteiger partial charge < -0.3 is 91.9 Å². The van der Waals surface area contributed by atoms with Crippen molar-refractivity contribution in [2.45, 2.75) is 338 Å². The molecule has 7 aliphatic rings. The van der Waals surface area contributed by atoms with Gasteiger partial charge >= 0.3 is 41.6 Å². The number of carboxylic acid groups (broad SMARTS) is 1. The Bertz CT molecular complexity index is 4720. The summed E-state index contributed by atoms with van der Waals surface area (Å²) in [6, 6.07) is 20.3.